The Bertz CT molecular complexity index is 902. The summed E-state index contributed by atoms with van der Waals surface area (Å²) in [4.78, 5) is 12.7. The van der Waals surface area contributed by atoms with Gasteiger partial charge >= 0.3 is 0 Å². The van der Waals surface area contributed by atoms with Crippen molar-refractivity contribution in [2.24, 2.45) is 5.92 Å². The Morgan fingerprint density at radius 2 is 1.88 bits per heavy atom. The van der Waals surface area contributed by atoms with Crippen LogP contribution >= 0.6 is 11.6 Å². The zero-order valence-electron chi connectivity index (χ0n) is 14.3. The first kappa shape index (κ1) is 16.9. The van der Waals surface area contributed by atoms with Crippen LogP contribution in [0.3, 0.4) is 0 Å². The normalized spacial score (nSPS) is 14.8. The predicted molar refractivity (Wildman–Crippen MR) is 102 cm³/mol. The van der Waals surface area contributed by atoms with Crippen molar-refractivity contribution in [1.82, 2.24) is 15.1 Å². The third kappa shape index (κ3) is 3.81. The van der Waals surface area contributed by atoms with Gasteiger partial charge in [-0.05, 0) is 36.0 Å². The fourth-order valence-corrected chi connectivity index (χ4v) is 3.35. The monoisotopic (exact) mass is 365 g/mol. The van der Waals surface area contributed by atoms with Crippen LogP contribution in [0.25, 0.3) is 0 Å². The zero-order valence-corrected chi connectivity index (χ0v) is 15.1. The van der Waals surface area contributed by atoms with Crippen molar-refractivity contribution < 1.29 is 4.79 Å². The van der Waals surface area contributed by atoms with E-state index in [4.69, 9.17) is 11.6 Å². The van der Waals surface area contributed by atoms with E-state index in [2.05, 4.69) is 22.5 Å². The fourth-order valence-electron chi connectivity index (χ4n) is 3.16. The summed E-state index contributed by atoms with van der Waals surface area (Å²) in [5.74, 6) is 0.440. The standard InChI is InChI=1S/C21H20ClN3O/c22-19-9-5-4-8-17(19)13-25-14-18(12-23-25)21(26)24-20(16-10-11-16)15-6-2-1-3-7-15/h1-9,12,14,16,20H,10-11,13H2,(H,24,26). The number of hydrogen-bond donors (Lipinski definition) is 1. The number of halogens is 1. The number of carbonyl (C=O) groups is 1. The summed E-state index contributed by atoms with van der Waals surface area (Å²) in [5.41, 5.74) is 2.70. The van der Waals surface area contributed by atoms with Crippen molar-refractivity contribution in [3.05, 3.63) is 88.7 Å². The van der Waals surface area contributed by atoms with Gasteiger partial charge in [0.15, 0.2) is 0 Å². The van der Waals surface area contributed by atoms with Crippen LogP contribution in [-0.2, 0) is 6.54 Å². The number of rotatable bonds is 6. The van der Waals surface area contributed by atoms with Crippen LogP contribution in [0.1, 0.15) is 40.4 Å². The largest absolute Gasteiger partial charge is 0.345 e. The first-order valence-corrected chi connectivity index (χ1v) is 9.20. The van der Waals surface area contributed by atoms with Gasteiger partial charge in [0.2, 0.25) is 0 Å². The SMILES string of the molecule is O=C(NC(c1ccccc1)C1CC1)c1cnn(Cc2ccccc2Cl)c1. The molecule has 1 aliphatic rings. The lowest BCUT2D eigenvalue weighted by atomic mass is 10.0. The Morgan fingerprint density at radius 3 is 2.62 bits per heavy atom. The van der Waals surface area contributed by atoms with Gasteiger partial charge < -0.3 is 5.32 Å². The van der Waals surface area contributed by atoms with Crippen molar-refractivity contribution >= 4 is 17.5 Å². The first-order chi connectivity index (χ1) is 12.7. The van der Waals surface area contributed by atoms with Gasteiger partial charge in [0.05, 0.1) is 24.3 Å². The molecule has 1 saturated carbocycles. The van der Waals surface area contributed by atoms with Crippen LogP contribution in [0.15, 0.2) is 67.0 Å². The summed E-state index contributed by atoms with van der Waals surface area (Å²) in [7, 11) is 0. The molecular formula is C21H20ClN3O. The zero-order chi connectivity index (χ0) is 17.9. The topological polar surface area (TPSA) is 46.9 Å². The Hall–Kier alpha value is -2.59. The van der Waals surface area contributed by atoms with Gasteiger partial charge in [-0.25, -0.2) is 0 Å². The maximum atomic E-state index is 12.7. The van der Waals surface area contributed by atoms with E-state index in [-0.39, 0.29) is 11.9 Å². The Kier molecular flexibility index (Phi) is 4.76. The minimum atomic E-state index is -0.0869. The van der Waals surface area contributed by atoms with Gasteiger partial charge in [0.25, 0.3) is 5.91 Å². The third-order valence-electron chi connectivity index (χ3n) is 4.72. The summed E-state index contributed by atoms with van der Waals surface area (Å²) in [6.45, 7) is 0.539. The van der Waals surface area contributed by atoms with E-state index in [0.29, 0.717) is 23.0 Å². The number of hydrogen-bond acceptors (Lipinski definition) is 2. The molecule has 1 N–H and O–H groups in total. The molecule has 0 saturated heterocycles. The first-order valence-electron chi connectivity index (χ1n) is 8.82. The summed E-state index contributed by atoms with van der Waals surface area (Å²) >= 11 is 6.20. The van der Waals surface area contributed by atoms with Gasteiger partial charge in [-0.2, -0.15) is 5.10 Å². The Labute approximate surface area is 157 Å². The smallest absolute Gasteiger partial charge is 0.254 e. The molecule has 0 radical (unpaired) electrons. The highest BCUT2D eigenvalue weighted by Gasteiger charge is 2.33. The van der Waals surface area contributed by atoms with E-state index in [1.54, 1.807) is 17.1 Å². The molecule has 3 aromatic rings. The molecule has 26 heavy (non-hydrogen) atoms. The Balaban J connectivity index is 1.47. The molecule has 1 aromatic heterocycles. The number of amides is 1. The molecule has 1 fully saturated rings. The van der Waals surface area contributed by atoms with E-state index >= 15 is 0 Å². The highest BCUT2D eigenvalue weighted by atomic mass is 35.5. The molecule has 132 valence electrons. The average molecular weight is 366 g/mol. The van der Waals surface area contributed by atoms with E-state index in [9.17, 15) is 4.79 Å². The molecule has 1 heterocycles. The van der Waals surface area contributed by atoms with Crippen LogP contribution in [0.5, 0.6) is 0 Å². The molecule has 4 rings (SSSR count). The van der Waals surface area contributed by atoms with Crippen molar-refractivity contribution in [1.29, 1.82) is 0 Å². The second-order valence-electron chi connectivity index (χ2n) is 6.72. The highest BCUT2D eigenvalue weighted by Crippen LogP contribution is 2.41. The number of nitrogens with zero attached hydrogens (tertiary/aromatic N) is 2. The third-order valence-corrected chi connectivity index (χ3v) is 5.09. The van der Waals surface area contributed by atoms with Crippen LogP contribution in [0.4, 0.5) is 0 Å². The van der Waals surface area contributed by atoms with Crippen molar-refractivity contribution in [2.75, 3.05) is 0 Å². The van der Waals surface area contributed by atoms with Crippen LogP contribution in [0.2, 0.25) is 5.02 Å². The number of aromatic nitrogens is 2. The van der Waals surface area contributed by atoms with Crippen molar-refractivity contribution in [2.45, 2.75) is 25.4 Å². The lowest BCUT2D eigenvalue weighted by Gasteiger charge is -2.18. The molecule has 0 bridgehead atoms. The molecule has 5 heteroatoms. The molecule has 1 aliphatic carbocycles. The van der Waals surface area contributed by atoms with Gasteiger partial charge in [0.1, 0.15) is 0 Å². The van der Waals surface area contributed by atoms with Crippen molar-refractivity contribution in [3.63, 3.8) is 0 Å². The molecule has 2 aromatic carbocycles. The molecular weight excluding hydrogens is 346 g/mol. The van der Waals surface area contributed by atoms with Gasteiger partial charge in [0, 0.05) is 11.2 Å². The average Bonchev–Trinajstić information content (AvgIpc) is 3.40. The molecule has 0 spiro atoms. The molecule has 0 aliphatic heterocycles. The van der Waals surface area contributed by atoms with Gasteiger partial charge in [-0.3, -0.25) is 9.48 Å². The van der Waals surface area contributed by atoms with Crippen LogP contribution in [-0.4, -0.2) is 15.7 Å². The van der Waals surface area contributed by atoms with Crippen LogP contribution < -0.4 is 5.32 Å². The lowest BCUT2D eigenvalue weighted by molar-refractivity contribution is 0.0931. The van der Waals surface area contributed by atoms with Crippen molar-refractivity contribution in [3.8, 4) is 0 Å². The van der Waals surface area contributed by atoms with E-state index in [1.807, 2.05) is 42.5 Å². The summed E-state index contributed by atoms with van der Waals surface area (Å²) < 4.78 is 1.74. The molecule has 1 unspecified atom stereocenters. The second-order valence-corrected chi connectivity index (χ2v) is 7.12. The minimum absolute atomic E-state index is 0.0654. The van der Waals surface area contributed by atoms with E-state index < -0.39 is 0 Å². The fraction of sp³-hybridized carbons (Fsp3) is 0.238. The number of benzene rings is 2. The minimum Gasteiger partial charge on any atom is -0.345 e. The second kappa shape index (κ2) is 7.34. The maximum Gasteiger partial charge on any atom is 0.254 e. The number of nitrogens with one attached hydrogen (secondary N) is 1. The summed E-state index contributed by atoms with van der Waals surface area (Å²) in [5, 5.41) is 8.19. The number of carbonyl (C=O) groups excluding carboxylic acids is 1. The lowest BCUT2D eigenvalue weighted by Crippen LogP contribution is -2.29. The molecule has 1 atom stereocenters. The van der Waals surface area contributed by atoms with E-state index in [1.165, 1.54) is 0 Å². The highest BCUT2D eigenvalue weighted by molar-refractivity contribution is 6.31. The van der Waals surface area contributed by atoms with Gasteiger partial charge in [-0.15, -0.1) is 0 Å². The Morgan fingerprint density at radius 1 is 1.15 bits per heavy atom. The quantitative estimate of drug-likeness (QED) is 0.700. The predicted octanol–water partition coefficient (Wildman–Crippen LogP) is 4.47. The van der Waals surface area contributed by atoms with Gasteiger partial charge in [-0.1, -0.05) is 60.1 Å². The van der Waals surface area contributed by atoms with Crippen LogP contribution in [0, 0.1) is 5.92 Å². The summed E-state index contributed by atoms with van der Waals surface area (Å²) in [6.07, 6.45) is 5.70. The molecule has 1 amide bonds. The maximum absolute atomic E-state index is 12.7. The summed E-state index contributed by atoms with van der Waals surface area (Å²) in [6, 6.07) is 17.9. The van der Waals surface area contributed by atoms with E-state index in [0.717, 1.165) is 24.0 Å². The molecule has 4 nitrogen and oxygen atoms in total.